The van der Waals surface area contributed by atoms with E-state index in [9.17, 15) is 14.4 Å². The van der Waals surface area contributed by atoms with Gasteiger partial charge in [0.1, 0.15) is 0 Å². The highest BCUT2D eigenvalue weighted by molar-refractivity contribution is 6.30. The van der Waals surface area contributed by atoms with Crippen LogP contribution in [0.5, 0.6) is 0 Å². The van der Waals surface area contributed by atoms with Crippen LogP contribution in [0.15, 0.2) is 48.5 Å². The lowest BCUT2D eigenvalue weighted by atomic mass is 10.1. The zero-order valence-corrected chi connectivity index (χ0v) is 17.4. The van der Waals surface area contributed by atoms with Crippen molar-refractivity contribution in [3.05, 3.63) is 59.1 Å². The van der Waals surface area contributed by atoms with Crippen LogP contribution in [0.2, 0.25) is 5.02 Å². The Labute approximate surface area is 179 Å². The van der Waals surface area contributed by atoms with Crippen LogP contribution in [0.4, 0.5) is 11.4 Å². The number of benzene rings is 2. The summed E-state index contributed by atoms with van der Waals surface area (Å²) in [5, 5.41) is 0.706. The highest BCUT2D eigenvalue weighted by Gasteiger charge is 2.46. The van der Waals surface area contributed by atoms with E-state index in [1.165, 1.54) is 12.0 Å². The van der Waals surface area contributed by atoms with Gasteiger partial charge in [0.25, 0.3) is 5.91 Å². The first-order valence-corrected chi connectivity index (χ1v) is 10.3. The van der Waals surface area contributed by atoms with Gasteiger partial charge in [-0.05, 0) is 48.5 Å². The number of esters is 1. The number of quaternary nitrogens is 1. The monoisotopic (exact) mass is 428 g/mol. The number of rotatable bonds is 4. The zero-order chi connectivity index (χ0) is 21.3. The molecule has 1 N–H and O–H groups in total. The minimum absolute atomic E-state index is 0.180. The summed E-state index contributed by atoms with van der Waals surface area (Å²) < 4.78 is 4.69. The van der Waals surface area contributed by atoms with Crippen molar-refractivity contribution >= 4 is 40.8 Å². The largest absolute Gasteiger partial charge is 0.465 e. The number of halogens is 1. The lowest BCUT2D eigenvalue weighted by molar-refractivity contribution is -0.915. The molecule has 156 valence electrons. The van der Waals surface area contributed by atoms with Crippen molar-refractivity contribution < 1.29 is 24.0 Å². The summed E-state index contributed by atoms with van der Waals surface area (Å²) >= 11 is 5.97. The number of carbonyl (C=O) groups is 3. The third-order valence-corrected chi connectivity index (χ3v) is 6.04. The molecular formula is C22H23ClN3O4+. The van der Waals surface area contributed by atoms with Gasteiger partial charge in [0, 0.05) is 10.7 Å². The van der Waals surface area contributed by atoms with Gasteiger partial charge in [0.05, 0.1) is 51.0 Å². The van der Waals surface area contributed by atoms with Gasteiger partial charge in [-0.25, -0.2) is 9.69 Å². The van der Waals surface area contributed by atoms with Crippen molar-refractivity contribution in [1.29, 1.82) is 0 Å². The second-order valence-corrected chi connectivity index (χ2v) is 7.92. The van der Waals surface area contributed by atoms with E-state index in [1.807, 2.05) is 24.3 Å². The number of ether oxygens (including phenoxy) is 1. The maximum absolute atomic E-state index is 13.0. The van der Waals surface area contributed by atoms with Crippen LogP contribution in [0.3, 0.4) is 0 Å². The van der Waals surface area contributed by atoms with Gasteiger partial charge in [0.2, 0.25) is 5.91 Å². The number of imide groups is 1. The Morgan fingerprint density at radius 2 is 1.60 bits per heavy atom. The smallest absolute Gasteiger partial charge is 0.337 e. The molecule has 1 atom stereocenters. The van der Waals surface area contributed by atoms with Crippen LogP contribution in [-0.4, -0.2) is 57.1 Å². The van der Waals surface area contributed by atoms with Crippen LogP contribution in [-0.2, 0) is 14.3 Å². The first kappa shape index (κ1) is 20.4. The lowest BCUT2D eigenvalue weighted by Gasteiger charge is -2.35. The molecule has 7 nitrogen and oxygen atoms in total. The van der Waals surface area contributed by atoms with Gasteiger partial charge in [-0.2, -0.15) is 0 Å². The van der Waals surface area contributed by atoms with E-state index in [0.717, 1.165) is 36.8 Å². The second-order valence-electron chi connectivity index (χ2n) is 7.48. The summed E-state index contributed by atoms with van der Waals surface area (Å²) in [5.41, 5.74) is 1.97. The van der Waals surface area contributed by atoms with E-state index in [2.05, 4.69) is 9.64 Å². The number of anilines is 2. The van der Waals surface area contributed by atoms with Crippen LogP contribution < -0.4 is 14.7 Å². The number of piperazine rings is 1. The molecule has 0 spiro atoms. The molecule has 0 saturated carbocycles. The molecule has 30 heavy (non-hydrogen) atoms. The van der Waals surface area contributed by atoms with Crippen molar-refractivity contribution in [2.75, 3.05) is 43.1 Å². The number of nitrogens with zero attached hydrogens (tertiary/aromatic N) is 2. The van der Waals surface area contributed by atoms with Crippen molar-refractivity contribution in [1.82, 2.24) is 0 Å². The molecule has 0 aliphatic carbocycles. The Morgan fingerprint density at radius 3 is 2.20 bits per heavy atom. The van der Waals surface area contributed by atoms with Gasteiger partial charge in [0.15, 0.2) is 6.04 Å². The molecule has 2 fully saturated rings. The molecule has 2 aliphatic heterocycles. The summed E-state index contributed by atoms with van der Waals surface area (Å²) in [6.07, 6.45) is 0.202. The average molecular weight is 429 g/mol. The number of nitrogens with one attached hydrogen (secondary N) is 1. The molecule has 2 heterocycles. The molecule has 0 bridgehead atoms. The van der Waals surface area contributed by atoms with Crippen molar-refractivity contribution in [3.8, 4) is 0 Å². The molecule has 2 saturated heterocycles. The van der Waals surface area contributed by atoms with Crippen molar-refractivity contribution in [3.63, 3.8) is 0 Å². The number of amides is 2. The predicted octanol–water partition coefficient (Wildman–Crippen LogP) is 1.16. The van der Waals surface area contributed by atoms with Crippen LogP contribution in [0.1, 0.15) is 16.8 Å². The van der Waals surface area contributed by atoms with E-state index in [4.69, 9.17) is 11.6 Å². The molecular weight excluding hydrogens is 406 g/mol. The fraction of sp³-hybridized carbons (Fsp3) is 0.318. The Hall–Kier alpha value is -2.90. The molecule has 4 rings (SSSR count). The first-order valence-electron chi connectivity index (χ1n) is 9.88. The maximum Gasteiger partial charge on any atom is 0.337 e. The fourth-order valence-electron chi connectivity index (χ4n) is 4.14. The highest BCUT2D eigenvalue weighted by Crippen LogP contribution is 2.23. The van der Waals surface area contributed by atoms with Gasteiger partial charge >= 0.3 is 5.97 Å². The normalized spacial score (nSPS) is 20.0. The molecule has 2 aromatic carbocycles. The minimum Gasteiger partial charge on any atom is -0.465 e. The third-order valence-electron chi connectivity index (χ3n) is 5.78. The summed E-state index contributed by atoms with van der Waals surface area (Å²) in [7, 11) is 1.31. The molecule has 8 heteroatoms. The number of hydrogen-bond donors (Lipinski definition) is 1. The molecule has 2 amide bonds. The predicted molar refractivity (Wildman–Crippen MR) is 113 cm³/mol. The summed E-state index contributed by atoms with van der Waals surface area (Å²) in [6.45, 7) is 3.17. The standard InChI is InChI=1S/C22H22ClN3O4/c1-30-22(29)15-2-6-18(7-3-15)26-20(27)14-19(21(26)28)25-12-10-24(11-13-25)17-8-4-16(23)5-9-17/h2-9,19H,10-14H2,1H3/p+1/t19-/m1/s1. The van der Waals surface area contributed by atoms with Crippen LogP contribution >= 0.6 is 11.6 Å². The topological polar surface area (TPSA) is 71.4 Å². The molecule has 0 unspecified atom stereocenters. The number of methoxy groups -OCH3 is 1. The fourth-order valence-corrected chi connectivity index (χ4v) is 4.27. The number of carbonyl (C=O) groups excluding carboxylic acids is 3. The third kappa shape index (κ3) is 3.91. The summed E-state index contributed by atoms with van der Waals surface area (Å²) in [6, 6.07) is 13.7. The maximum atomic E-state index is 13.0. The average Bonchev–Trinajstić information content (AvgIpc) is 3.08. The van der Waals surface area contributed by atoms with Gasteiger partial charge in [-0.1, -0.05) is 11.6 Å². The van der Waals surface area contributed by atoms with E-state index in [0.29, 0.717) is 16.3 Å². The van der Waals surface area contributed by atoms with Crippen LogP contribution in [0.25, 0.3) is 0 Å². The van der Waals surface area contributed by atoms with E-state index in [-0.39, 0.29) is 24.3 Å². The molecule has 2 aliphatic rings. The Balaban J connectivity index is 1.42. The molecule has 0 radical (unpaired) electrons. The van der Waals surface area contributed by atoms with E-state index in [1.54, 1.807) is 24.3 Å². The van der Waals surface area contributed by atoms with Gasteiger partial charge in [-0.3, -0.25) is 9.59 Å². The van der Waals surface area contributed by atoms with Crippen molar-refractivity contribution in [2.45, 2.75) is 12.5 Å². The first-order chi connectivity index (χ1) is 14.5. The Kier molecular flexibility index (Phi) is 5.74. The lowest BCUT2D eigenvalue weighted by Crippen LogP contribution is -3.19. The summed E-state index contributed by atoms with van der Waals surface area (Å²) in [4.78, 5) is 41.9. The highest BCUT2D eigenvalue weighted by atomic mass is 35.5. The van der Waals surface area contributed by atoms with Gasteiger partial charge in [-0.15, -0.1) is 0 Å². The minimum atomic E-state index is -0.457. The Bertz CT molecular complexity index is 953. The van der Waals surface area contributed by atoms with Crippen molar-refractivity contribution in [2.24, 2.45) is 0 Å². The zero-order valence-electron chi connectivity index (χ0n) is 16.6. The number of hydrogen-bond acceptors (Lipinski definition) is 5. The van der Waals surface area contributed by atoms with Crippen LogP contribution in [0, 0.1) is 0 Å². The second kappa shape index (κ2) is 8.45. The van der Waals surface area contributed by atoms with E-state index >= 15 is 0 Å². The summed E-state index contributed by atoms with van der Waals surface area (Å²) in [5.74, 6) is -0.842. The SMILES string of the molecule is COC(=O)c1ccc(N2C(=O)C[C@@H]([NH+]3CCN(c4ccc(Cl)cc4)CC3)C2=O)cc1. The quantitative estimate of drug-likeness (QED) is 0.584. The van der Waals surface area contributed by atoms with E-state index < -0.39 is 5.97 Å². The molecule has 0 aromatic heterocycles. The van der Waals surface area contributed by atoms with Gasteiger partial charge < -0.3 is 14.5 Å². The Morgan fingerprint density at radius 1 is 1.00 bits per heavy atom. The molecule has 2 aromatic rings.